The molecule has 0 amide bonds. The van der Waals surface area contributed by atoms with Crippen molar-refractivity contribution in [3.8, 4) is 0 Å². The van der Waals surface area contributed by atoms with E-state index in [-0.39, 0.29) is 6.61 Å². The molecule has 0 aromatic carbocycles. The molecule has 2 N–H and O–H groups in total. The van der Waals surface area contributed by atoms with E-state index in [2.05, 4.69) is 0 Å². The Labute approximate surface area is 90.6 Å². The van der Waals surface area contributed by atoms with Gasteiger partial charge in [-0.15, -0.1) is 0 Å². The summed E-state index contributed by atoms with van der Waals surface area (Å²) in [5.41, 5.74) is 0. The van der Waals surface area contributed by atoms with Crippen LogP contribution in [0.5, 0.6) is 0 Å². The van der Waals surface area contributed by atoms with Gasteiger partial charge in [-0.3, -0.25) is 9.69 Å². The van der Waals surface area contributed by atoms with Gasteiger partial charge in [-0.25, -0.2) is 0 Å². The van der Waals surface area contributed by atoms with Crippen molar-refractivity contribution < 1.29 is 19.7 Å². The first kappa shape index (κ1) is 14.3. The van der Waals surface area contributed by atoms with Crippen molar-refractivity contribution in [1.29, 1.82) is 0 Å². The molecule has 0 aliphatic rings. The molecule has 15 heavy (non-hydrogen) atoms. The smallest absolute Gasteiger partial charge is 0.320 e. The summed E-state index contributed by atoms with van der Waals surface area (Å²) >= 11 is 0. The highest BCUT2D eigenvalue weighted by molar-refractivity contribution is 5.73. The molecule has 0 aromatic heterocycles. The van der Waals surface area contributed by atoms with Crippen LogP contribution >= 0.6 is 0 Å². The van der Waals surface area contributed by atoms with Crippen LogP contribution in [0.1, 0.15) is 20.3 Å². The molecule has 0 radical (unpaired) electrons. The molecule has 5 nitrogen and oxygen atoms in total. The minimum absolute atomic E-state index is 0.247. The van der Waals surface area contributed by atoms with Crippen molar-refractivity contribution in [2.45, 2.75) is 32.4 Å². The van der Waals surface area contributed by atoms with Crippen molar-refractivity contribution >= 4 is 5.97 Å². The van der Waals surface area contributed by atoms with E-state index in [0.29, 0.717) is 19.6 Å². The average molecular weight is 219 g/mol. The molecule has 2 unspecified atom stereocenters. The Balaban J connectivity index is 3.98. The van der Waals surface area contributed by atoms with Gasteiger partial charge in [-0.05, 0) is 20.4 Å². The molecule has 0 fully saturated rings. The molecule has 0 saturated carbocycles. The van der Waals surface area contributed by atoms with Crippen LogP contribution in [0.2, 0.25) is 0 Å². The zero-order chi connectivity index (χ0) is 11.8. The van der Waals surface area contributed by atoms with E-state index < -0.39 is 18.1 Å². The maximum Gasteiger partial charge on any atom is 0.320 e. The number of carboxylic acids is 1. The van der Waals surface area contributed by atoms with Gasteiger partial charge in [0.1, 0.15) is 6.04 Å². The number of hydrogen-bond donors (Lipinski definition) is 2. The number of carbonyl (C=O) groups is 1. The monoisotopic (exact) mass is 219 g/mol. The van der Waals surface area contributed by atoms with Crippen LogP contribution < -0.4 is 0 Å². The molecular formula is C10H21NO4. The third kappa shape index (κ3) is 5.71. The first-order valence-corrected chi connectivity index (χ1v) is 5.21. The SMILES string of the molecule is CCOCC(O)CN(C)C(CC)C(=O)O. The summed E-state index contributed by atoms with van der Waals surface area (Å²) in [6, 6.07) is -0.540. The van der Waals surface area contributed by atoms with E-state index in [9.17, 15) is 9.90 Å². The van der Waals surface area contributed by atoms with E-state index in [1.54, 1.807) is 11.9 Å². The van der Waals surface area contributed by atoms with Gasteiger partial charge in [0.15, 0.2) is 0 Å². The quantitative estimate of drug-likeness (QED) is 0.609. The summed E-state index contributed by atoms with van der Waals surface area (Å²) in [6.07, 6.45) is -0.115. The van der Waals surface area contributed by atoms with Crippen LogP contribution in [-0.4, -0.2) is 60.0 Å². The highest BCUT2D eigenvalue weighted by Gasteiger charge is 2.22. The van der Waals surface area contributed by atoms with Gasteiger partial charge < -0.3 is 14.9 Å². The summed E-state index contributed by atoms with van der Waals surface area (Å²) in [5, 5.41) is 18.4. The third-order valence-electron chi connectivity index (χ3n) is 2.22. The Hall–Kier alpha value is -0.650. The fourth-order valence-corrected chi connectivity index (χ4v) is 1.44. The van der Waals surface area contributed by atoms with Gasteiger partial charge >= 0.3 is 5.97 Å². The minimum atomic E-state index is -0.858. The molecule has 0 saturated heterocycles. The molecule has 0 rings (SSSR count). The molecule has 0 bridgehead atoms. The maximum absolute atomic E-state index is 10.8. The van der Waals surface area contributed by atoms with Gasteiger partial charge in [0.25, 0.3) is 0 Å². The Morgan fingerprint density at radius 1 is 1.47 bits per heavy atom. The van der Waals surface area contributed by atoms with Crippen LogP contribution in [0.4, 0.5) is 0 Å². The maximum atomic E-state index is 10.8. The first-order valence-electron chi connectivity index (χ1n) is 5.21. The lowest BCUT2D eigenvalue weighted by molar-refractivity contribution is -0.143. The zero-order valence-electron chi connectivity index (χ0n) is 9.64. The average Bonchev–Trinajstić information content (AvgIpc) is 2.15. The number of ether oxygens (including phenoxy) is 1. The molecule has 5 heteroatoms. The topological polar surface area (TPSA) is 70.0 Å². The molecular weight excluding hydrogens is 198 g/mol. The highest BCUT2D eigenvalue weighted by Crippen LogP contribution is 2.03. The van der Waals surface area contributed by atoms with Crippen molar-refractivity contribution in [2.75, 3.05) is 26.8 Å². The Morgan fingerprint density at radius 3 is 2.47 bits per heavy atom. The predicted molar refractivity (Wildman–Crippen MR) is 56.8 cm³/mol. The van der Waals surface area contributed by atoms with Crippen molar-refractivity contribution in [2.24, 2.45) is 0 Å². The fourth-order valence-electron chi connectivity index (χ4n) is 1.44. The van der Waals surface area contributed by atoms with E-state index in [4.69, 9.17) is 9.84 Å². The molecule has 0 aliphatic carbocycles. The molecule has 0 heterocycles. The van der Waals surface area contributed by atoms with E-state index >= 15 is 0 Å². The highest BCUT2D eigenvalue weighted by atomic mass is 16.5. The lowest BCUT2D eigenvalue weighted by atomic mass is 10.2. The second-order valence-corrected chi connectivity index (χ2v) is 3.52. The fraction of sp³-hybridized carbons (Fsp3) is 0.900. The summed E-state index contributed by atoms with van der Waals surface area (Å²) in [6.45, 7) is 4.77. The lowest BCUT2D eigenvalue weighted by Crippen LogP contribution is -2.43. The number of hydrogen-bond acceptors (Lipinski definition) is 4. The largest absolute Gasteiger partial charge is 0.480 e. The second kappa shape index (κ2) is 7.62. The summed E-state index contributed by atoms with van der Waals surface area (Å²) in [5.74, 6) is -0.858. The van der Waals surface area contributed by atoms with Gasteiger partial charge in [-0.2, -0.15) is 0 Å². The van der Waals surface area contributed by atoms with Crippen LogP contribution in [-0.2, 0) is 9.53 Å². The Bertz CT molecular complexity index is 186. The van der Waals surface area contributed by atoms with E-state index in [1.807, 2.05) is 13.8 Å². The predicted octanol–water partition coefficient (Wildman–Crippen LogP) is 0.179. The number of carboxylic acid groups (broad SMARTS) is 1. The van der Waals surface area contributed by atoms with Crippen molar-refractivity contribution in [1.82, 2.24) is 4.90 Å². The van der Waals surface area contributed by atoms with Gasteiger partial charge in [0, 0.05) is 13.2 Å². The van der Waals surface area contributed by atoms with Crippen LogP contribution in [0.25, 0.3) is 0 Å². The minimum Gasteiger partial charge on any atom is -0.480 e. The number of aliphatic hydroxyl groups is 1. The van der Waals surface area contributed by atoms with Gasteiger partial charge in [-0.1, -0.05) is 6.92 Å². The molecule has 90 valence electrons. The Morgan fingerprint density at radius 2 is 2.07 bits per heavy atom. The van der Waals surface area contributed by atoms with Crippen LogP contribution in [0.15, 0.2) is 0 Å². The Kier molecular flexibility index (Phi) is 7.29. The van der Waals surface area contributed by atoms with E-state index in [0.717, 1.165) is 0 Å². The zero-order valence-corrected chi connectivity index (χ0v) is 9.64. The molecule has 2 atom stereocenters. The number of rotatable bonds is 8. The van der Waals surface area contributed by atoms with E-state index in [1.165, 1.54) is 0 Å². The second-order valence-electron chi connectivity index (χ2n) is 3.52. The van der Waals surface area contributed by atoms with Crippen molar-refractivity contribution in [3.63, 3.8) is 0 Å². The molecule has 0 spiro atoms. The number of likely N-dealkylation sites (N-methyl/N-ethyl adjacent to an activating group) is 1. The third-order valence-corrected chi connectivity index (χ3v) is 2.22. The first-order chi connectivity index (χ1) is 7.02. The normalized spacial score (nSPS) is 15.3. The summed E-state index contributed by atoms with van der Waals surface area (Å²) in [7, 11) is 1.69. The van der Waals surface area contributed by atoms with Gasteiger partial charge in [0.05, 0.1) is 12.7 Å². The lowest BCUT2D eigenvalue weighted by Gasteiger charge is -2.25. The summed E-state index contributed by atoms with van der Waals surface area (Å²) < 4.78 is 5.05. The number of nitrogens with zero attached hydrogens (tertiary/aromatic N) is 1. The molecule has 0 aromatic rings. The van der Waals surface area contributed by atoms with Crippen LogP contribution in [0.3, 0.4) is 0 Å². The molecule has 0 aliphatic heterocycles. The number of aliphatic hydroxyl groups excluding tert-OH is 1. The summed E-state index contributed by atoms with van der Waals surface area (Å²) in [4.78, 5) is 12.4. The number of aliphatic carboxylic acids is 1. The van der Waals surface area contributed by atoms with Gasteiger partial charge in [0.2, 0.25) is 0 Å². The van der Waals surface area contributed by atoms with Crippen LogP contribution in [0, 0.1) is 0 Å². The van der Waals surface area contributed by atoms with Crippen molar-refractivity contribution in [3.05, 3.63) is 0 Å². The standard InChI is InChI=1S/C10H21NO4/c1-4-9(10(13)14)11(3)6-8(12)7-15-5-2/h8-9,12H,4-7H2,1-3H3,(H,13,14).